The van der Waals surface area contributed by atoms with Crippen LogP contribution in [0, 0.1) is 0 Å². The van der Waals surface area contributed by atoms with Crippen molar-refractivity contribution in [2.45, 2.75) is 13.2 Å². The van der Waals surface area contributed by atoms with Crippen LogP contribution in [-0.2, 0) is 6.54 Å². The maximum atomic E-state index is 12.4. The van der Waals surface area contributed by atoms with Crippen LogP contribution in [0.1, 0.15) is 16.1 Å². The number of hydrogen-bond acceptors (Lipinski definition) is 6. The summed E-state index contributed by atoms with van der Waals surface area (Å²) in [5, 5.41) is 3.48. The summed E-state index contributed by atoms with van der Waals surface area (Å²) >= 11 is 1.52. The van der Waals surface area contributed by atoms with E-state index in [1.54, 1.807) is 12.1 Å². The summed E-state index contributed by atoms with van der Waals surface area (Å²) in [5.74, 6) is 0.669. The van der Waals surface area contributed by atoms with Gasteiger partial charge in [0.15, 0.2) is 22.3 Å². The number of para-hydroxylation sites is 1. The van der Waals surface area contributed by atoms with Crippen LogP contribution in [0.15, 0.2) is 59.0 Å². The van der Waals surface area contributed by atoms with E-state index in [4.69, 9.17) is 9.15 Å². The number of furan rings is 1. The Balaban J connectivity index is 1.43. The Bertz CT molecular complexity index is 1160. The number of alkyl halides is 2. The number of carbonyl (C=O) groups is 1. The van der Waals surface area contributed by atoms with Gasteiger partial charge in [-0.25, -0.2) is 4.98 Å². The number of hydrogen-bond donors (Lipinski definition) is 1. The molecule has 0 unspecified atom stereocenters. The van der Waals surface area contributed by atoms with Crippen molar-refractivity contribution in [1.29, 1.82) is 0 Å². The van der Waals surface area contributed by atoms with Crippen LogP contribution in [0.4, 0.5) is 8.78 Å². The summed E-state index contributed by atoms with van der Waals surface area (Å²) in [6.45, 7) is -2.83. The molecule has 0 saturated heterocycles. The van der Waals surface area contributed by atoms with Crippen LogP contribution in [0.3, 0.4) is 0 Å². The lowest BCUT2D eigenvalue weighted by Gasteiger charge is -2.11. The highest BCUT2D eigenvalue weighted by atomic mass is 32.1. The highest BCUT2D eigenvalue weighted by Crippen LogP contribution is 2.31. The van der Waals surface area contributed by atoms with Gasteiger partial charge in [-0.2, -0.15) is 8.78 Å². The minimum absolute atomic E-state index is 0.0408. The van der Waals surface area contributed by atoms with Crippen molar-refractivity contribution in [3.05, 3.63) is 65.9 Å². The molecular formula is C21H16F2N2O4S. The van der Waals surface area contributed by atoms with Crippen LogP contribution in [-0.4, -0.2) is 24.6 Å². The lowest BCUT2D eigenvalue weighted by Crippen LogP contribution is -2.22. The second kappa shape index (κ2) is 8.50. The number of ether oxygens (including phenoxy) is 2. The van der Waals surface area contributed by atoms with Gasteiger partial charge in [0, 0.05) is 5.56 Å². The fourth-order valence-electron chi connectivity index (χ4n) is 2.84. The molecule has 0 aliphatic heterocycles. The SMILES string of the molecule is COc1cc(C(=O)NCc2ccc(-c3nc4ccccc4s3)o2)ccc1OC(F)F. The molecule has 154 valence electrons. The van der Waals surface area contributed by atoms with Crippen LogP contribution in [0.5, 0.6) is 11.5 Å². The summed E-state index contributed by atoms with van der Waals surface area (Å²) < 4.78 is 41.1. The van der Waals surface area contributed by atoms with E-state index in [1.807, 2.05) is 24.3 Å². The molecule has 2 aromatic carbocycles. The molecule has 4 aromatic rings. The lowest BCUT2D eigenvalue weighted by atomic mass is 10.2. The Morgan fingerprint density at radius 3 is 2.77 bits per heavy atom. The first-order chi connectivity index (χ1) is 14.5. The van der Waals surface area contributed by atoms with Crippen molar-refractivity contribution < 1.29 is 27.5 Å². The normalized spacial score (nSPS) is 11.1. The fraction of sp³-hybridized carbons (Fsp3) is 0.143. The number of halogens is 2. The van der Waals surface area contributed by atoms with Gasteiger partial charge in [-0.05, 0) is 42.5 Å². The number of aromatic nitrogens is 1. The number of thiazole rings is 1. The predicted molar refractivity (Wildman–Crippen MR) is 108 cm³/mol. The zero-order valence-corrected chi connectivity index (χ0v) is 16.5. The average molecular weight is 430 g/mol. The third kappa shape index (κ3) is 4.25. The summed E-state index contributed by atoms with van der Waals surface area (Å²) in [7, 11) is 1.31. The molecule has 0 spiro atoms. The first-order valence-electron chi connectivity index (χ1n) is 8.89. The zero-order chi connectivity index (χ0) is 21.1. The van der Waals surface area contributed by atoms with Crippen molar-refractivity contribution in [2.75, 3.05) is 7.11 Å². The van der Waals surface area contributed by atoms with Crippen LogP contribution < -0.4 is 14.8 Å². The van der Waals surface area contributed by atoms with Crippen molar-refractivity contribution >= 4 is 27.5 Å². The van der Waals surface area contributed by atoms with Crippen LogP contribution in [0.25, 0.3) is 21.0 Å². The van der Waals surface area contributed by atoms with Gasteiger partial charge in [0.25, 0.3) is 5.91 Å². The first kappa shape index (κ1) is 19.8. The van der Waals surface area contributed by atoms with E-state index in [1.165, 1.54) is 36.6 Å². The number of nitrogens with zero attached hydrogens (tertiary/aromatic N) is 1. The molecule has 0 bridgehead atoms. The Morgan fingerprint density at radius 2 is 2.00 bits per heavy atom. The molecule has 1 amide bonds. The second-order valence-electron chi connectivity index (χ2n) is 6.18. The third-order valence-electron chi connectivity index (χ3n) is 4.23. The van der Waals surface area contributed by atoms with Gasteiger partial charge in [-0.1, -0.05) is 12.1 Å². The molecule has 2 aromatic heterocycles. The van der Waals surface area contributed by atoms with Crippen LogP contribution >= 0.6 is 11.3 Å². The summed E-state index contributed by atoms with van der Waals surface area (Å²) in [6, 6.07) is 15.4. The Morgan fingerprint density at radius 1 is 1.17 bits per heavy atom. The number of amides is 1. The molecule has 1 N–H and O–H groups in total. The molecule has 0 saturated carbocycles. The van der Waals surface area contributed by atoms with E-state index in [0.717, 1.165) is 15.2 Å². The minimum Gasteiger partial charge on any atom is -0.493 e. The predicted octanol–water partition coefficient (Wildman–Crippen LogP) is 5.10. The van der Waals surface area contributed by atoms with Gasteiger partial charge in [-0.15, -0.1) is 11.3 Å². The lowest BCUT2D eigenvalue weighted by molar-refractivity contribution is -0.0512. The molecule has 0 aliphatic carbocycles. The Kier molecular flexibility index (Phi) is 5.62. The summed E-state index contributed by atoms with van der Waals surface area (Å²) in [5.41, 5.74) is 1.14. The van der Waals surface area contributed by atoms with E-state index >= 15 is 0 Å². The maximum Gasteiger partial charge on any atom is 0.387 e. The Hall–Kier alpha value is -3.46. The van der Waals surface area contributed by atoms with Gasteiger partial charge in [-0.3, -0.25) is 4.79 Å². The standard InChI is InChI=1S/C21H16F2N2O4S/c1-27-17-10-12(6-8-15(17)29-21(22)23)19(26)24-11-13-7-9-16(28-13)20-25-14-4-2-3-5-18(14)30-20/h2-10,21H,11H2,1H3,(H,24,26). The molecule has 0 fully saturated rings. The Labute approximate surface area is 174 Å². The van der Waals surface area contributed by atoms with Crippen LogP contribution in [0.2, 0.25) is 0 Å². The minimum atomic E-state index is -2.98. The topological polar surface area (TPSA) is 73.6 Å². The maximum absolute atomic E-state index is 12.4. The highest BCUT2D eigenvalue weighted by molar-refractivity contribution is 7.21. The highest BCUT2D eigenvalue weighted by Gasteiger charge is 2.15. The molecular weight excluding hydrogens is 414 g/mol. The van der Waals surface area contributed by atoms with Gasteiger partial charge in [0.2, 0.25) is 0 Å². The van der Waals surface area contributed by atoms with E-state index in [2.05, 4.69) is 15.0 Å². The van der Waals surface area contributed by atoms with E-state index in [0.29, 0.717) is 11.5 Å². The molecule has 0 aliphatic rings. The molecule has 9 heteroatoms. The number of methoxy groups -OCH3 is 1. The van der Waals surface area contributed by atoms with Crippen molar-refractivity contribution in [3.8, 4) is 22.3 Å². The zero-order valence-electron chi connectivity index (χ0n) is 15.7. The molecule has 4 rings (SSSR count). The molecule has 0 atom stereocenters. The van der Waals surface area contributed by atoms with Crippen molar-refractivity contribution in [2.24, 2.45) is 0 Å². The quantitative estimate of drug-likeness (QED) is 0.442. The van der Waals surface area contributed by atoms with Crippen molar-refractivity contribution in [1.82, 2.24) is 10.3 Å². The number of rotatable bonds is 7. The number of nitrogens with one attached hydrogen (secondary N) is 1. The van der Waals surface area contributed by atoms with E-state index < -0.39 is 12.5 Å². The van der Waals surface area contributed by atoms with Gasteiger partial charge >= 0.3 is 6.61 Å². The summed E-state index contributed by atoms with van der Waals surface area (Å²) in [6.07, 6.45) is 0. The fourth-order valence-corrected chi connectivity index (χ4v) is 3.76. The van der Waals surface area contributed by atoms with Gasteiger partial charge < -0.3 is 19.2 Å². The first-order valence-corrected chi connectivity index (χ1v) is 9.71. The smallest absolute Gasteiger partial charge is 0.387 e. The molecule has 2 heterocycles. The van der Waals surface area contributed by atoms with E-state index in [-0.39, 0.29) is 23.6 Å². The molecule has 30 heavy (non-hydrogen) atoms. The van der Waals surface area contributed by atoms with Crippen molar-refractivity contribution in [3.63, 3.8) is 0 Å². The third-order valence-corrected chi connectivity index (χ3v) is 5.28. The largest absolute Gasteiger partial charge is 0.493 e. The number of benzene rings is 2. The second-order valence-corrected chi connectivity index (χ2v) is 7.21. The van der Waals surface area contributed by atoms with Gasteiger partial charge in [0.1, 0.15) is 5.76 Å². The average Bonchev–Trinajstić information content (AvgIpc) is 3.38. The number of carbonyl (C=O) groups excluding carboxylic acids is 1. The van der Waals surface area contributed by atoms with Gasteiger partial charge in [0.05, 0.1) is 23.9 Å². The monoisotopic (exact) mass is 430 g/mol. The number of fused-ring (bicyclic) bond motifs is 1. The molecule has 6 nitrogen and oxygen atoms in total. The molecule has 0 radical (unpaired) electrons. The van der Waals surface area contributed by atoms with E-state index in [9.17, 15) is 13.6 Å². The summed E-state index contributed by atoms with van der Waals surface area (Å²) in [4.78, 5) is 17.0.